The number of piperidine rings is 1. The van der Waals surface area contributed by atoms with Crippen LogP contribution >= 0.6 is 0 Å². The molecule has 0 radical (unpaired) electrons. The highest BCUT2D eigenvalue weighted by atomic mass is 16.5. The maximum absolute atomic E-state index is 12.2. The lowest BCUT2D eigenvalue weighted by atomic mass is 9.97. The van der Waals surface area contributed by atoms with Gasteiger partial charge < -0.3 is 20.7 Å². The molecule has 0 spiro atoms. The fourth-order valence-corrected chi connectivity index (χ4v) is 3.42. The van der Waals surface area contributed by atoms with Crippen LogP contribution in [0.2, 0.25) is 0 Å². The standard InChI is InChI=1S/C23H25N3O5/c24-22(29)19-7-4-12-26(14-19)20(27)15-31-21(28)13-25-23(30)18-10-8-17(9-11-18)16-5-2-1-3-6-16/h1-3,5-6,8-11,19H,4,7,12-15H2,(H2,24,29)(H,25,30)/t19-/m0/s1. The van der Waals surface area contributed by atoms with Crippen LogP contribution in [0.4, 0.5) is 0 Å². The van der Waals surface area contributed by atoms with Crippen LogP contribution in [0.5, 0.6) is 0 Å². The second-order valence-corrected chi connectivity index (χ2v) is 7.37. The fourth-order valence-electron chi connectivity index (χ4n) is 3.42. The first-order valence-corrected chi connectivity index (χ1v) is 10.1. The average Bonchev–Trinajstić information content (AvgIpc) is 2.81. The summed E-state index contributed by atoms with van der Waals surface area (Å²) in [6, 6.07) is 16.8. The Morgan fingerprint density at radius 3 is 2.35 bits per heavy atom. The van der Waals surface area contributed by atoms with Crippen LogP contribution in [-0.2, 0) is 19.1 Å². The first-order chi connectivity index (χ1) is 14.9. The van der Waals surface area contributed by atoms with E-state index in [0.717, 1.165) is 11.1 Å². The van der Waals surface area contributed by atoms with Crippen LogP contribution < -0.4 is 11.1 Å². The number of nitrogens with zero attached hydrogens (tertiary/aromatic N) is 1. The van der Waals surface area contributed by atoms with E-state index < -0.39 is 24.4 Å². The molecule has 1 saturated heterocycles. The number of nitrogens with two attached hydrogens (primary N) is 1. The number of amides is 3. The van der Waals surface area contributed by atoms with Crippen LogP contribution in [0.15, 0.2) is 54.6 Å². The third kappa shape index (κ3) is 6.15. The van der Waals surface area contributed by atoms with Crippen LogP contribution in [0.25, 0.3) is 11.1 Å². The first kappa shape index (κ1) is 22.0. The quantitative estimate of drug-likeness (QED) is 0.652. The van der Waals surface area contributed by atoms with E-state index in [2.05, 4.69) is 5.32 Å². The maximum atomic E-state index is 12.2. The van der Waals surface area contributed by atoms with Crippen molar-refractivity contribution in [3.05, 3.63) is 60.2 Å². The topological polar surface area (TPSA) is 119 Å². The Morgan fingerprint density at radius 2 is 1.68 bits per heavy atom. The Kier molecular flexibility index (Phi) is 7.37. The van der Waals surface area contributed by atoms with Crippen molar-refractivity contribution in [1.29, 1.82) is 0 Å². The smallest absolute Gasteiger partial charge is 0.325 e. The molecule has 0 bridgehead atoms. The van der Waals surface area contributed by atoms with Gasteiger partial charge in [-0.2, -0.15) is 0 Å². The van der Waals surface area contributed by atoms with Crippen molar-refractivity contribution in [1.82, 2.24) is 10.2 Å². The average molecular weight is 423 g/mol. The molecule has 0 saturated carbocycles. The number of likely N-dealkylation sites (tertiary alicyclic amines) is 1. The molecule has 1 aliphatic heterocycles. The third-order valence-corrected chi connectivity index (χ3v) is 5.18. The SMILES string of the molecule is NC(=O)[C@H]1CCCN(C(=O)COC(=O)CNC(=O)c2ccc(-c3ccccc3)cc2)C1. The highest BCUT2D eigenvalue weighted by Gasteiger charge is 2.27. The van der Waals surface area contributed by atoms with Crippen LogP contribution in [0.3, 0.4) is 0 Å². The molecular weight excluding hydrogens is 398 g/mol. The number of ether oxygens (including phenoxy) is 1. The normalized spacial score (nSPS) is 15.7. The van der Waals surface area contributed by atoms with E-state index in [4.69, 9.17) is 10.5 Å². The second-order valence-electron chi connectivity index (χ2n) is 7.37. The van der Waals surface area contributed by atoms with Gasteiger partial charge in [0.05, 0.1) is 5.92 Å². The maximum Gasteiger partial charge on any atom is 0.325 e. The molecule has 162 valence electrons. The Bertz CT molecular complexity index is 943. The van der Waals surface area contributed by atoms with Gasteiger partial charge in [0, 0.05) is 18.7 Å². The Labute approximate surface area is 180 Å². The van der Waals surface area contributed by atoms with E-state index in [1.165, 1.54) is 4.90 Å². The van der Waals surface area contributed by atoms with Crippen molar-refractivity contribution >= 4 is 23.7 Å². The predicted molar refractivity (Wildman–Crippen MR) is 114 cm³/mol. The molecular formula is C23H25N3O5. The van der Waals surface area contributed by atoms with Gasteiger partial charge in [-0.1, -0.05) is 42.5 Å². The zero-order valence-corrected chi connectivity index (χ0v) is 17.1. The van der Waals surface area contributed by atoms with Gasteiger partial charge in [-0.3, -0.25) is 19.2 Å². The monoisotopic (exact) mass is 423 g/mol. The molecule has 1 atom stereocenters. The molecule has 2 aromatic rings. The van der Waals surface area contributed by atoms with Crippen molar-refractivity contribution < 1.29 is 23.9 Å². The molecule has 3 N–H and O–H groups in total. The number of carbonyl (C=O) groups is 4. The molecule has 8 nitrogen and oxygen atoms in total. The van der Waals surface area contributed by atoms with Crippen molar-refractivity contribution in [2.24, 2.45) is 11.7 Å². The predicted octanol–water partition coefficient (Wildman–Crippen LogP) is 1.35. The van der Waals surface area contributed by atoms with E-state index in [-0.39, 0.29) is 24.9 Å². The zero-order chi connectivity index (χ0) is 22.2. The minimum Gasteiger partial charge on any atom is -0.454 e. The summed E-state index contributed by atoms with van der Waals surface area (Å²) in [5.41, 5.74) is 7.73. The lowest BCUT2D eigenvalue weighted by molar-refractivity contribution is -0.152. The number of benzene rings is 2. The zero-order valence-electron chi connectivity index (χ0n) is 17.1. The molecule has 3 rings (SSSR count). The van der Waals surface area contributed by atoms with Gasteiger partial charge in [0.2, 0.25) is 5.91 Å². The van der Waals surface area contributed by atoms with Gasteiger partial charge in [0.1, 0.15) is 6.54 Å². The lowest BCUT2D eigenvalue weighted by Crippen LogP contribution is -2.45. The number of esters is 1. The largest absolute Gasteiger partial charge is 0.454 e. The molecule has 1 fully saturated rings. The summed E-state index contributed by atoms with van der Waals surface area (Å²) in [5.74, 6) is -2.33. The number of nitrogens with one attached hydrogen (secondary N) is 1. The van der Waals surface area contributed by atoms with Gasteiger partial charge in [0.15, 0.2) is 6.61 Å². The van der Waals surface area contributed by atoms with Crippen molar-refractivity contribution in [3.8, 4) is 11.1 Å². The summed E-state index contributed by atoms with van der Waals surface area (Å²) in [6.07, 6.45) is 1.32. The van der Waals surface area contributed by atoms with E-state index >= 15 is 0 Å². The van der Waals surface area contributed by atoms with Gasteiger partial charge in [-0.25, -0.2) is 0 Å². The van der Waals surface area contributed by atoms with Crippen LogP contribution in [0.1, 0.15) is 23.2 Å². The molecule has 1 aliphatic rings. The minimum absolute atomic E-state index is 0.238. The summed E-state index contributed by atoms with van der Waals surface area (Å²) in [7, 11) is 0. The minimum atomic E-state index is -0.717. The van der Waals surface area contributed by atoms with E-state index in [9.17, 15) is 19.2 Å². The van der Waals surface area contributed by atoms with E-state index in [1.54, 1.807) is 12.1 Å². The van der Waals surface area contributed by atoms with E-state index in [0.29, 0.717) is 24.9 Å². The Hall–Kier alpha value is -3.68. The molecule has 0 unspecified atom stereocenters. The molecule has 0 aliphatic carbocycles. The summed E-state index contributed by atoms with van der Waals surface area (Å²) in [5, 5.41) is 2.48. The molecule has 31 heavy (non-hydrogen) atoms. The van der Waals surface area contributed by atoms with Gasteiger partial charge in [-0.05, 0) is 36.1 Å². The highest BCUT2D eigenvalue weighted by Crippen LogP contribution is 2.19. The number of primary amides is 1. The summed E-state index contributed by atoms with van der Waals surface area (Å²) >= 11 is 0. The van der Waals surface area contributed by atoms with Crippen LogP contribution in [0, 0.1) is 5.92 Å². The Balaban J connectivity index is 1.42. The van der Waals surface area contributed by atoms with Gasteiger partial charge in [0.25, 0.3) is 11.8 Å². The molecule has 1 heterocycles. The van der Waals surface area contributed by atoms with Gasteiger partial charge >= 0.3 is 5.97 Å². The highest BCUT2D eigenvalue weighted by molar-refractivity contribution is 5.96. The molecule has 3 amide bonds. The number of hydrogen-bond acceptors (Lipinski definition) is 5. The lowest BCUT2D eigenvalue weighted by Gasteiger charge is -2.31. The van der Waals surface area contributed by atoms with Gasteiger partial charge in [-0.15, -0.1) is 0 Å². The second kappa shape index (κ2) is 10.4. The number of hydrogen-bond donors (Lipinski definition) is 2. The van der Waals surface area contributed by atoms with Crippen molar-refractivity contribution in [2.75, 3.05) is 26.2 Å². The number of rotatable bonds is 7. The molecule has 8 heteroatoms. The third-order valence-electron chi connectivity index (χ3n) is 5.18. The molecule has 2 aromatic carbocycles. The summed E-state index contributed by atoms with van der Waals surface area (Å²) in [6.45, 7) is -0.0558. The Morgan fingerprint density at radius 1 is 1.00 bits per heavy atom. The number of carbonyl (C=O) groups excluding carboxylic acids is 4. The van der Waals surface area contributed by atoms with Crippen molar-refractivity contribution in [2.45, 2.75) is 12.8 Å². The summed E-state index contributed by atoms with van der Waals surface area (Å²) < 4.78 is 4.95. The first-order valence-electron chi connectivity index (χ1n) is 10.1. The van der Waals surface area contributed by atoms with E-state index in [1.807, 2.05) is 42.5 Å². The van der Waals surface area contributed by atoms with Crippen molar-refractivity contribution in [3.63, 3.8) is 0 Å². The van der Waals surface area contributed by atoms with Crippen LogP contribution in [-0.4, -0.2) is 54.8 Å². The molecule has 0 aromatic heterocycles. The summed E-state index contributed by atoms with van der Waals surface area (Å²) in [4.78, 5) is 49.1. The fraction of sp³-hybridized carbons (Fsp3) is 0.304.